The number of imidazole rings is 1. The Balaban J connectivity index is 1.56. The Kier molecular flexibility index (Phi) is 6.33. The minimum absolute atomic E-state index is 0.0265. The molecule has 0 aliphatic heterocycles. The smallest absolute Gasteiger partial charge is 0.332 e. The highest BCUT2D eigenvalue weighted by molar-refractivity contribution is 6.29. The van der Waals surface area contributed by atoms with E-state index in [1.54, 1.807) is 24.3 Å². The van der Waals surface area contributed by atoms with Crippen molar-refractivity contribution in [2.75, 3.05) is 5.32 Å². The third kappa shape index (κ3) is 4.35. The van der Waals surface area contributed by atoms with Crippen LogP contribution in [0.5, 0.6) is 0 Å². The number of hydrogen-bond donors (Lipinski definition) is 2. The lowest BCUT2D eigenvalue weighted by Gasteiger charge is -2.12. The summed E-state index contributed by atoms with van der Waals surface area (Å²) in [6, 6.07) is 16.0. The maximum atomic E-state index is 12.9. The monoisotopic (exact) mass is 480 g/mol. The fourth-order valence-corrected chi connectivity index (χ4v) is 3.79. The van der Waals surface area contributed by atoms with Crippen molar-refractivity contribution in [3.63, 3.8) is 0 Å². The van der Waals surface area contributed by atoms with Crippen LogP contribution in [0.2, 0.25) is 5.28 Å². The first-order chi connectivity index (χ1) is 16.3. The summed E-state index contributed by atoms with van der Waals surface area (Å²) in [6.45, 7) is -0.0106. The molecule has 2 amide bonds. The molecule has 0 fully saturated rings. The molecule has 0 radical (unpaired) electrons. The van der Waals surface area contributed by atoms with Crippen LogP contribution in [0, 0.1) is 0 Å². The summed E-state index contributed by atoms with van der Waals surface area (Å²) in [5.74, 6) is -0.879. The van der Waals surface area contributed by atoms with Crippen molar-refractivity contribution in [1.29, 1.82) is 0 Å². The molecule has 0 spiro atoms. The molecule has 34 heavy (non-hydrogen) atoms. The first kappa shape index (κ1) is 23.0. The van der Waals surface area contributed by atoms with Crippen molar-refractivity contribution in [2.24, 2.45) is 14.1 Å². The number of fused-ring (bicyclic) bond motifs is 1. The molecule has 0 saturated carbocycles. The van der Waals surface area contributed by atoms with Gasteiger partial charge in [0.1, 0.15) is 6.54 Å². The van der Waals surface area contributed by atoms with Crippen LogP contribution in [0.1, 0.15) is 15.9 Å². The fourth-order valence-electron chi connectivity index (χ4n) is 3.56. The van der Waals surface area contributed by atoms with Crippen molar-refractivity contribution in [3.8, 4) is 0 Å². The highest BCUT2D eigenvalue weighted by Gasteiger charge is 2.20. The van der Waals surface area contributed by atoms with Gasteiger partial charge in [0, 0.05) is 20.6 Å². The molecular formula is C23H21ClN6O4. The molecule has 10 nitrogen and oxygen atoms in total. The first-order valence-electron chi connectivity index (χ1n) is 10.3. The number of carbonyl (C=O) groups excluding carboxylic acids is 2. The number of amides is 2. The Hall–Kier alpha value is -4.18. The van der Waals surface area contributed by atoms with E-state index in [4.69, 9.17) is 11.6 Å². The van der Waals surface area contributed by atoms with Crippen LogP contribution in [-0.4, -0.2) is 30.5 Å². The molecule has 0 atom stereocenters. The van der Waals surface area contributed by atoms with E-state index in [0.29, 0.717) is 12.2 Å². The lowest BCUT2D eigenvalue weighted by molar-refractivity contribution is -0.116. The minimum atomic E-state index is -0.619. The summed E-state index contributed by atoms with van der Waals surface area (Å²) < 4.78 is 3.33. The van der Waals surface area contributed by atoms with Gasteiger partial charge in [-0.15, -0.1) is 0 Å². The van der Waals surface area contributed by atoms with Crippen molar-refractivity contribution >= 4 is 40.3 Å². The van der Waals surface area contributed by atoms with E-state index in [-0.39, 0.29) is 34.5 Å². The number of aromatic nitrogens is 4. The van der Waals surface area contributed by atoms with Crippen LogP contribution in [0.4, 0.5) is 5.69 Å². The predicted octanol–water partition coefficient (Wildman–Crippen LogP) is 1.66. The second kappa shape index (κ2) is 9.36. The maximum Gasteiger partial charge on any atom is 0.332 e. The number of aryl methyl sites for hydroxylation is 1. The zero-order chi connectivity index (χ0) is 24.4. The van der Waals surface area contributed by atoms with Gasteiger partial charge in [0.05, 0.1) is 11.3 Å². The maximum absolute atomic E-state index is 12.9. The van der Waals surface area contributed by atoms with Crippen molar-refractivity contribution in [1.82, 2.24) is 24.0 Å². The molecule has 0 aliphatic carbocycles. The number of anilines is 1. The van der Waals surface area contributed by atoms with E-state index in [2.05, 4.69) is 15.6 Å². The predicted molar refractivity (Wildman–Crippen MR) is 128 cm³/mol. The Morgan fingerprint density at radius 2 is 1.65 bits per heavy atom. The molecule has 4 aromatic rings. The molecular weight excluding hydrogens is 460 g/mol. The third-order valence-electron chi connectivity index (χ3n) is 5.34. The molecule has 0 unspecified atom stereocenters. The Bertz CT molecular complexity index is 1520. The lowest BCUT2D eigenvalue weighted by Crippen LogP contribution is -2.37. The summed E-state index contributed by atoms with van der Waals surface area (Å²) in [5, 5.41) is 5.41. The van der Waals surface area contributed by atoms with E-state index >= 15 is 0 Å². The SMILES string of the molecule is Cn1c(=O)c2c(nc(Cl)n2CC(=O)Nc2ccccc2C(=O)NCc2ccccc2)n(C)c1=O. The van der Waals surface area contributed by atoms with Gasteiger partial charge in [0.2, 0.25) is 11.2 Å². The quantitative estimate of drug-likeness (QED) is 0.407. The van der Waals surface area contributed by atoms with E-state index < -0.39 is 17.2 Å². The normalized spacial score (nSPS) is 10.9. The molecule has 2 aromatic heterocycles. The average molecular weight is 481 g/mol. The van der Waals surface area contributed by atoms with Crippen LogP contribution in [0.25, 0.3) is 11.2 Å². The van der Waals surface area contributed by atoms with Crippen LogP contribution < -0.4 is 21.9 Å². The van der Waals surface area contributed by atoms with Crippen LogP contribution in [0.3, 0.4) is 0 Å². The number of nitrogens with zero attached hydrogens (tertiary/aromatic N) is 4. The number of hydrogen-bond acceptors (Lipinski definition) is 5. The number of carbonyl (C=O) groups is 2. The topological polar surface area (TPSA) is 120 Å². The van der Waals surface area contributed by atoms with Gasteiger partial charge in [-0.1, -0.05) is 42.5 Å². The number of rotatable bonds is 6. The summed E-state index contributed by atoms with van der Waals surface area (Å²) in [5.41, 5.74) is 0.454. The molecule has 4 rings (SSSR count). The summed E-state index contributed by atoms with van der Waals surface area (Å²) in [6.07, 6.45) is 0. The van der Waals surface area contributed by atoms with E-state index in [1.807, 2.05) is 30.3 Å². The average Bonchev–Trinajstić information content (AvgIpc) is 3.16. The molecule has 0 bridgehead atoms. The lowest BCUT2D eigenvalue weighted by atomic mass is 10.1. The first-order valence-corrected chi connectivity index (χ1v) is 10.7. The Labute approximate surface area is 198 Å². The zero-order valence-corrected chi connectivity index (χ0v) is 19.2. The zero-order valence-electron chi connectivity index (χ0n) is 18.4. The summed E-state index contributed by atoms with van der Waals surface area (Å²) in [4.78, 5) is 54.5. The van der Waals surface area contributed by atoms with Crippen LogP contribution in [-0.2, 0) is 32.0 Å². The van der Waals surface area contributed by atoms with Crippen molar-refractivity contribution in [2.45, 2.75) is 13.1 Å². The van der Waals surface area contributed by atoms with Gasteiger partial charge >= 0.3 is 5.69 Å². The molecule has 174 valence electrons. The van der Waals surface area contributed by atoms with Crippen LogP contribution >= 0.6 is 11.6 Å². The molecule has 0 saturated heterocycles. The summed E-state index contributed by atoms with van der Waals surface area (Å²) in [7, 11) is 2.79. The number of nitrogens with one attached hydrogen (secondary N) is 2. The van der Waals surface area contributed by atoms with E-state index in [0.717, 1.165) is 10.1 Å². The van der Waals surface area contributed by atoms with Crippen molar-refractivity contribution < 1.29 is 9.59 Å². The third-order valence-corrected chi connectivity index (χ3v) is 5.63. The molecule has 11 heteroatoms. The van der Waals surface area contributed by atoms with Gasteiger partial charge in [-0.3, -0.25) is 28.1 Å². The van der Waals surface area contributed by atoms with Crippen LogP contribution in [0.15, 0.2) is 64.2 Å². The van der Waals surface area contributed by atoms with Gasteiger partial charge in [-0.2, -0.15) is 4.98 Å². The van der Waals surface area contributed by atoms with E-state index in [9.17, 15) is 19.2 Å². The highest BCUT2D eigenvalue weighted by atomic mass is 35.5. The molecule has 2 aromatic carbocycles. The minimum Gasteiger partial charge on any atom is -0.348 e. The number of para-hydroxylation sites is 1. The summed E-state index contributed by atoms with van der Waals surface area (Å²) >= 11 is 6.19. The second-order valence-corrected chi connectivity index (χ2v) is 7.95. The largest absolute Gasteiger partial charge is 0.348 e. The van der Waals surface area contributed by atoms with Gasteiger partial charge in [-0.05, 0) is 29.3 Å². The number of halogens is 1. The van der Waals surface area contributed by atoms with E-state index in [1.165, 1.54) is 23.2 Å². The fraction of sp³-hybridized carbons (Fsp3) is 0.174. The van der Waals surface area contributed by atoms with Gasteiger partial charge in [-0.25, -0.2) is 4.79 Å². The highest BCUT2D eigenvalue weighted by Crippen LogP contribution is 2.18. The molecule has 0 aliphatic rings. The second-order valence-electron chi connectivity index (χ2n) is 7.61. The van der Waals surface area contributed by atoms with Gasteiger partial charge < -0.3 is 10.6 Å². The number of benzene rings is 2. The Morgan fingerprint density at radius 3 is 2.38 bits per heavy atom. The molecule has 2 heterocycles. The Morgan fingerprint density at radius 1 is 0.971 bits per heavy atom. The van der Waals surface area contributed by atoms with Gasteiger partial charge in [0.15, 0.2) is 11.2 Å². The van der Waals surface area contributed by atoms with Gasteiger partial charge in [0.25, 0.3) is 11.5 Å². The standard InChI is InChI=1S/C23H21ClN6O4/c1-28-19-18(21(33)29(2)23(28)34)30(22(24)27-19)13-17(31)26-16-11-7-6-10-15(16)20(32)25-12-14-8-4-3-5-9-14/h3-11H,12-13H2,1-2H3,(H,25,32)(H,26,31). The van der Waals surface area contributed by atoms with Crippen molar-refractivity contribution in [3.05, 3.63) is 91.8 Å². The molecule has 2 N–H and O–H groups in total.